The van der Waals surface area contributed by atoms with Crippen LogP contribution in [0.15, 0.2) is 24.3 Å². The minimum absolute atomic E-state index is 1.19. The van der Waals surface area contributed by atoms with Gasteiger partial charge in [-0.05, 0) is 38.5 Å². The number of hydrogen-bond acceptors (Lipinski definition) is 0. The summed E-state index contributed by atoms with van der Waals surface area (Å²) >= 11 is 0. The highest BCUT2D eigenvalue weighted by Gasteiger charge is 1.88. The lowest BCUT2D eigenvalue weighted by molar-refractivity contribution is 0.611. The molecule has 0 radical (unpaired) electrons. The average Bonchev–Trinajstić information content (AvgIpc) is 2.60. The van der Waals surface area contributed by atoms with Crippen molar-refractivity contribution in [1.82, 2.24) is 0 Å². The molecular weight excluding hydrogens is 288 g/mol. The van der Waals surface area contributed by atoms with Crippen LogP contribution in [0.4, 0.5) is 0 Å². The highest BCUT2D eigenvalue weighted by atomic mass is 13.9. The highest BCUT2D eigenvalue weighted by molar-refractivity contribution is 4.80. The molecule has 0 atom stereocenters. The zero-order valence-corrected chi connectivity index (χ0v) is 17.6. The van der Waals surface area contributed by atoms with Gasteiger partial charge in [0.05, 0.1) is 0 Å². The minimum Gasteiger partial charge on any atom is -0.0888 e. The number of rotatable bonds is 16. The molecule has 0 nitrogen and oxygen atoms in total. The van der Waals surface area contributed by atoms with Gasteiger partial charge in [0.15, 0.2) is 0 Å². The predicted molar refractivity (Wildman–Crippen MR) is 115 cm³/mol. The molecule has 0 aliphatic carbocycles. The molecule has 0 heterocycles. The molecule has 0 aromatic rings. The fraction of sp³-hybridized carbons (Fsp3) is 0.833. The predicted octanol–water partition coefficient (Wildman–Crippen LogP) is 9.41. The maximum Gasteiger partial charge on any atom is -0.0351 e. The van der Waals surface area contributed by atoms with Gasteiger partial charge >= 0.3 is 0 Å². The van der Waals surface area contributed by atoms with Crippen LogP contribution in [-0.4, -0.2) is 0 Å². The van der Waals surface area contributed by atoms with Gasteiger partial charge in [-0.15, -0.1) is 0 Å². The Balaban J connectivity index is 0. The van der Waals surface area contributed by atoms with Crippen LogP contribution < -0.4 is 0 Å². The molecule has 144 valence electrons. The lowest BCUT2D eigenvalue weighted by Crippen LogP contribution is -1.77. The van der Waals surface area contributed by atoms with Gasteiger partial charge in [0, 0.05) is 0 Å². The third-order valence-corrected chi connectivity index (χ3v) is 4.25. The van der Waals surface area contributed by atoms with Crippen molar-refractivity contribution in [2.45, 2.75) is 130 Å². The Hall–Kier alpha value is -0.520. The van der Waals surface area contributed by atoms with Crippen LogP contribution in [0.5, 0.6) is 0 Å². The van der Waals surface area contributed by atoms with Gasteiger partial charge in [-0.25, -0.2) is 0 Å². The molecule has 0 saturated carbocycles. The summed E-state index contributed by atoms with van der Waals surface area (Å²) in [5.41, 5.74) is 0. The normalized spacial score (nSPS) is 11.2. The fourth-order valence-corrected chi connectivity index (χ4v) is 2.65. The molecule has 0 bridgehead atoms. The van der Waals surface area contributed by atoms with Gasteiger partial charge in [0.25, 0.3) is 0 Å². The maximum atomic E-state index is 2.32. The molecule has 0 N–H and O–H groups in total. The van der Waals surface area contributed by atoms with Gasteiger partial charge in [-0.3, -0.25) is 0 Å². The first kappa shape index (κ1) is 25.7. The Kier molecular flexibility index (Phi) is 29.3. The molecular formula is C24H48. The van der Waals surface area contributed by atoms with Crippen molar-refractivity contribution in [2.24, 2.45) is 0 Å². The molecule has 0 aliphatic rings. The van der Waals surface area contributed by atoms with Crippen LogP contribution in [0.25, 0.3) is 0 Å². The van der Waals surface area contributed by atoms with Gasteiger partial charge in [-0.1, -0.05) is 116 Å². The van der Waals surface area contributed by atoms with E-state index in [9.17, 15) is 0 Å². The van der Waals surface area contributed by atoms with E-state index in [1.54, 1.807) is 0 Å². The first-order valence-corrected chi connectivity index (χ1v) is 11.1. The van der Waals surface area contributed by atoms with E-state index in [0.29, 0.717) is 0 Å². The van der Waals surface area contributed by atoms with E-state index in [1.807, 2.05) is 0 Å². The van der Waals surface area contributed by atoms with Crippen molar-refractivity contribution < 1.29 is 0 Å². The Bertz CT molecular complexity index is 210. The van der Waals surface area contributed by atoms with E-state index in [0.717, 1.165) is 0 Å². The smallest absolute Gasteiger partial charge is 0.0351 e. The first-order valence-electron chi connectivity index (χ1n) is 11.1. The van der Waals surface area contributed by atoms with Crippen molar-refractivity contribution in [3.8, 4) is 0 Å². The summed E-state index contributed by atoms with van der Waals surface area (Å²) in [6.07, 6.45) is 31.1. The van der Waals surface area contributed by atoms with Crippen molar-refractivity contribution in [2.75, 3.05) is 0 Å². The summed E-state index contributed by atoms with van der Waals surface area (Å²) in [5.74, 6) is 0. The third-order valence-electron chi connectivity index (χ3n) is 4.25. The molecule has 0 unspecified atom stereocenters. The van der Waals surface area contributed by atoms with Crippen LogP contribution in [0.1, 0.15) is 130 Å². The highest BCUT2D eigenvalue weighted by Crippen LogP contribution is 2.08. The molecule has 0 spiro atoms. The van der Waals surface area contributed by atoms with E-state index in [4.69, 9.17) is 0 Å². The van der Waals surface area contributed by atoms with Crippen LogP contribution in [0, 0.1) is 0 Å². The lowest BCUT2D eigenvalue weighted by atomic mass is 10.1. The van der Waals surface area contributed by atoms with Crippen LogP contribution in [0.3, 0.4) is 0 Å². The quantitative estimate of drug-likeness (QED) is 0.194. The van der Waals surface area contributed by atoms with E-state index in [-0.39, 0.29) is 0 Å². The molecule has 0 saturated heterocycles. The number of hydrogen-bond donors (Lipinski definition) is 0. The molecule has 0 rings (SSSR count). The SMILES string of the molecule is CC/C=C/CCCCCCCC.CC/C=C\CCCCCCCC. The molecule has 0 aromatic heterocycles. The second kappa shape index (κ2) is 27.3. The summed E-state index contributed by atoms with van der Waals surface area (Å²) in [4.78, 5) is 0. The topological polar surface area (TPSA) is 0 Å². The Morgan fingerprint density at radius 2 is 0.708 bits per heavy atom. The van der Waals surface area contributed by atoms with Gasteiger partial charge < -0.3 is 0 Å². The van der Waals surface area contributed by atoms with Crippen LogP contribution in [0.2, 0.25) is 0 Å². The summed E-state index contributed by atoms with van der Waals surface area (Å²) in [5, 5.41) is 0. The number of unbranched alkanes of at least 4 members (excludes halogenated alkanes) is 12. The molecule has 0 heteroatoms. The van der Waals surface area contributed by atoms with E-state index >= 15 is 0 Å². The van der Waals surface area contributed by atoms with Crippen molar-refractivity contribution >= 4 is 0 Å². The zero-order valence-electron chi connectivity index (χ0n) is 17.6. The molecule has 0 amide bonds. The number of allylic oxidation sites excluding steroid dienone is 4. The Morgan fingerprint density at radius 3 is 1.04 bits per heavy atom. The van der Waals surface area contributed by atoms with E-state index in [2.05, 4.69) is 52.0 Å². The summed E-state index contributed by atoms with van der Waals surface area (Å²) in [7, 11) is 0. The molecule has 0 fully saturated rings. The Labute approximate surface area is 155 Å². The van der Waals surface area contributed by atoms with Gasteiger partial charge in [0.2, 0.25) is 0 Å². The van der Waals surface area contributed by atoms with Crippen molar-refractivity contribution in [3.05, 3.63) is 24.3 Å². The van der Waals surface area contributed by atoms with E-state index in [1.165, 1.54) is 103 Å². The van der Waals surface area contributed by atoms with Gasteiger partial charge in [-0.2, -0.15) is 0 Å². The van der Waals surface area contributed by atoms with Gasteiger partial charge in [0.1, 0.15) is 0 Å². The van der Waals surface area contributed by atoms with Crippen molar-refractivity contribution in [3.63, 3.8) is 0 Å². The third kappa shape index (κ3) is 29.5. The molecule has 0 aliphatic heterocycles. The Morgan fingerprint density at radius 1 is 0.375 bits per heavy atom. The first-order chi connectivity index (χ1) is 11.8. The monoisotopic (exact) mass is 336 g/mol. The van der Waals surface area contributed by atoms with Crippen LogP contribution >= 0.6 is 0 Å². The summed E-state index contributed by atoms with van der Waals surface area (Å²) < 4.78 is 0. The zero-order chi connectivity index (χ0) is 18.1. The second-order valence-electron chi connectivity index (χ2n) is 6.87. The largest absolute Gasteiger partial charge is 0.0888 e. The standard InChI is InChI=1S/2C12H24/c2*1-3-5-7-9-11-12-10-8-6-4-2/h2*5,7H,3-4,6,8-12H2,1-2H3/b7-5+;7-5-. The average molecular weight is 337 g/mol. The molecule has 0 aromatic carbocycles. The van der Waals surface area contributed by atoms with Crippen molar-refractivity contribution in [1.29, 1.82) is 0 Å². The lowest BCUT2D eigenvalue weighted by Gasteiger charge is -1.97. The fourth-order valence-electron chi connectivity index (χ4n) is 2.65. The summed E-state index contributed by atoms with van der Waals surface area (Å²) in [6.45, 7) is 8.92. The maximum absolute atomic E-state index is 2.32. The second-order valence-corrected chi connectivity index (χ2v) is 6.87. The summed E-state index contributed by atoms with van der Waals surface area (Å²) in [6, 6.07) is 0. The molecule has 24 heavy (non-hydrogen) atoms. The minimum atomic E-state index is 1.19. The van der Waals surface area contributed by atoms with Crippen LogP contribution in [-0.2, 0) is 0 Å². The van der Waals surface area contributed by atoms with E-state index < -0.39 is 0 Å².